The zero-order chi connectivity index (χ0) is 13.1. The summed E-state index contributed by atoms with van der Waals surface area (Å²) >= 11 is 6.35. The van der Waals surface area contributed by atoms with Crippen LogP contribution in [0.3, 0.4) is 0 Å². The lowest BCUT2D eigenvalue weighted by molar-refractivity contribution is 0.507. The largest absolute Gasteiger partial charge is 0.204 e. The first-order valence-electron chi connectivity index (χ1n) is 5.80. The van der Waals surface area contributed by atoms with E-state index in [9.17, 15) is 8.78 Å². The summed E-state index contributed by atoms with van der Waals surface area (Å²) in [5.74, 6) is -1.72. The van der Waals surface area contributed by atoms with E-state index in [1.54, 1.807) is 0 Å². The predicted octanol–water partition coefficient (Wildman–Crippen LogP) is 4.86. The number of benzene rings is 2. The maximum atomic E-state index is 13.2. The third kappa shape index (κ3) is 2.54. The summed E-state index contributed by atoms with van der Waals surface area (Å²) in [6.45, 7) is 2.04. The normalized spacial score (nSPS) is 12.4. The monoisotopic (exact) mass is 266 g/mol. The van der Waals surface area contributed by atoms with Crippen LogP contribution < -0.4 is 0 Å². The van der Waals surface area contributed by atoms with Crippen LogP contribution in [0.25, 0.3) is 0 Å². The Morgan fingerprint density at radius 1 is 1.06 bits per heavy atom. The summed E-state index contributed by atoms with van der Waals surface area (Å²) in [6.07, 6.45) is 0.850. The van der Waals surface area contributed by atoms with Crippen molar-refractivity contribution in [3.05, 3.63) is 70.8 Å². The van der Waals surface area contributed by atoms with Gasteiger partial charge in [-0.2, -0.15) is 0 Å². The first kappa shape index (κ1) is 13.0. The van der Waals surface area contributed by atoms with Gasteiger partial charge in [0.25, 0.3) is 0 Å². The van der Waals surface area contributed by atoms with Crippen LogP contribution in [0.2, 0.25) is 0 Å². The molecular formula is C15H13ClF2. The number of halogens is 3. The molecule has 2 aromatic carbocycles. The number of rotatable bonds is 3. The molecule has 1 atom stereocenters. The summed E-state index contributed by atoms with van der Waals surface area (Å²) in [5.41, 5.74) is 2.62. The second-order valence-electron chi connectivity index (χ2n) is 4.09. The van der Waals surface area contributed by atoms with Crippen molar-refractivity contribution in [2.24, 2.45) is 0 Å². The molecule has 0 nitrogen and oxygen atoms in total. The van der Waals surface area contributed by atoms with Crippen LogP contribution in [0.4, 0.5) is 8.78 Å². The zero-order valence-corrected chi connectivity index (χ0v) is 10.7. The van der Waals surface area contributed by atoms with Crippen LogP contribution in [0.1, 0.15) is 29.0 Å². The molecule has 0 aliphatic carbocycles. The Labute approximate surface area is 110 Å². The van der Waals surface area contributed by atoms with Crippen LogP contribution in [-0.4, -0.2) is 0 Å². The van der Waals surface area contributed by atoms with Crippen LogP contribution >= 0.6 is 11.6 Å². The van der Waals surface area contributed by atoms with Gasteiger partial charge in [0.15, 0.2) is 11.6 Å². The third-order valence-electron chi connectivity index (χ3n) is 2.95. The van der Waals surface area contributed by atoms with E-state index in [2.05, 4.69) is 0 Å². The molecule has 0 radical (unpaired) electrons. The van der Waals surface area contributed by atoms with Gasteiger partial charge in [0, 0.05) is 0 Å². The molecule has 0 fully saturated rings. The Hall–Kier alpha value is -1.41. The fourth-order valence-corrected chi connectivity index (χ4v) is 2.30. The smallest absolute Gasteiger partial charge is 0.159 e. The molecule has 0 heterocycles. The van der Waals surface area contributed by atoms with Crippen molar-refractivity contribution in [3.8, 4) is 0 Å². The van der Waals surface area contributed by atoms with Gasteiger partial charge in [-0.15, -0.1) is 11.6 Å². The van der Waals surface area contributed by atoms with E-state index < -0.39 is 17.0 Å². The SMILES string of the molecule is CCc1ccccc1C(Cl)c1ccc(F)c(F)c1. The van der Waals surface area contributed by atoms with Gasteiger partial charge in [-0.3, -0.25) is 0 Å². The molecule has 94 valence electrons. The Bertz CT molecular complexity index is 552. The van der Waals surface area contributed by atoms with Crippen molar-refractivity contribution < 1.29 is 8.78 Å². The fourth-order valence-electron chi connectivity index (χ4n) is 1.95. The molecule has 0 aromatic heterocycles. The quantitative estimate of drug-likeness (QED) is 0.696. The molecule has 1 unspecified atom stereocenters. The Kier molecular flexibility index (Phi) is 3.97. The minimum absolute atomic E-state index is 0.462. The van der Waals surface area contributed by atoms with Gasteiger partial charge in [-0.05, 0) is 35.2 Å². The van der Waals surface area contributed by atoms with Crippen molar-refractivity contribution >= 4 is 11.6 Å². The molecular weight excluding hydrogens is 254 g/mol. The minimum atomic E-state index is -0.868. The molecule has 3 heteroatoms. The minimum Gasteiger partial charge on any atom is -0.204 e. The first-order valence-corrected chi connectivity index (χ1v) is 6.24. The Balaban J connectivity index is 2.41. The van der Waals surface area contributed by atoms with Gasteiger partial charge in [0.1, 0.15) is 0 Å². The summed E-state index contributed by atoms with van der Waals surface area (Å²) in [4.78, 5) is 0. The lowest BCUT2D eigenvalue weighted by atomic mass is 9.98. The van der Waals surface area contributed by atoms with Crippen LogP contribution in [0.15, 0.2) is 42.5 Å². The highest BCUT2D eigenvalue weighted by Crippen LogP contribution is 2.31. The summed E-state index contributed by atoms with van der Waals surface area (Å²) in [5, 5.41) is -0.462. The average Bonchev–Trinajstić information content (AvgIpc) is 2.41. The van der Waals surface area contributed by atoms with Gasteiger partial charge in [0.2, 0.25) is 0 Å². The van der Waals surface area contributed by atoms with Crippen molar-refractivity contribution in [1.29, 1.82) is 0 Å². The Morgan fingerprint density at radius 3 is 2.44 bits per heavy atom. The van der Waals surface area contributed by atoms with Gasteiger partial charge in [-0.1, -0.05) is 37.3 Å². The number of aryl methyl sites for hydroxylation is 1. The molecule has 0 saturated heterocycles. The molecule has 18 heavy (non-hydrogen) atoms. The van der Waals surface area contributed by atoms with Gasteiger partial charge in [-0.25, -0.2) is 8.78 Å². The number of alkyl halides is 1. The molecule has 0 bridgehead atoms. The highest BCUT2D eigenvalue weighted by molar-refractivity contribution is 6.22. The fraction of sp³-hybridized carbons (Fsp3) is 0.200. The van der Waals surface area contributed by atoms with E-state index in [1.807, 2.05) is 31.2 Å². The van der Waals surface area contributed by atoms with Crippen molar-refractivity contribution in [2.45, 2.75) is 18.7 Å². The molecule has 0 saturated carbocycles. The lowest BCUT2D eigenvalue weighted by Gasteiger charge is -2.14. The number of hydrogen-bond acceptors (Lipinski definition) is 0. The molecule has 2 rings (SSSR count). The standard InChI is InChI=1S/C15H13ClF2/c1-2-10-5-3-4-6-12(10)15(16)11-7-8-13(17)14(18)9-11/h3-9,15H,2H2,1H3. The first-order chi connectivity index (χ1) is 8.63. The topological polar surface area (TPSA) is 0 Å². The van der Waals surface area contributed by atoms with Crippen LogP contribution in [0.5, 0.6) is 0 Å². The molecule has 0 amide bonds. The molecule has 2 aromatic rings. The molecule has 0 N–H and O–H groups in total. The van der Waals surface area contributed by atoms with Crippen molar-refractivity contribution in [3.63, 3.8) is 0 Å². The summed E-state index contributed by atoms with van der Waals surface area (Å²) in [7, 11) is 0. The second kappa shape index (κ2) is 5.49. The zero-order valence-electron chi connectivity index (χ0n) is 9.96. The van der Waals surface area contributed by atoms with E-state index in [0.29, 0.717) is 5.56 Å². The van der Waals surface area contributed by atoms with E-state index in [4.69, 9.17) is 11.6 Å². The maximum Gasteiger partial charge on any atom is 0.159 e. The highest BCUT2D eigenvalue weighted by Gasteiger charge is 2.15. The van der Waals surface area contributed by atoms with Crippen molar-refractivity contribution in [1.82, 2.24) is 0 Å². The highest BCUT2D eigenvalue weighted by atomic mass is 35.5. The second-order valence-corrected chi connectivity index (χ2v) is 4.52. The number of hydrogen-bond donors (Lipinski definition) is 0. The maximum absolute atomic E-state index is 13.2. The summed E-state index contributed by atoms with van der Waals surface area (Å²) < 4.78 is 26.1. The average molecular weight is 267 g/mol. The van der Waals surface area contributed by atoms with Crippen molar-refractivity contribution in [2.75, 3.05) is 0 Å². The van der Waals surface area contributed by atoms with Crippen LogP contribution in [0, 0.1) is 11.6 Å². The van der Waals surface area contributed by atoms with Gasteiger partial charge in [0.05, 0.1) is 5.38 Å². The molecule has 0 aliphatic heterocycles. The molecule has 0 aliphatic rings. The van der Waals surface area contributed by atoms with E-state index >= 15 is 0 Å². The summed E-state index contributed by atoms with van der Waals surface area (Å²) in [6, 6.07) is 11.5. The van der Waals surface area contributed by atoms with E-state index in [0.717, 1.165) is 29.7 Å². The van der Waals surface area contributed by atoms with Gasteiger partial charge < -0.3 is 0 Å². The molecule has 0 spiro atoms. The lowest BCUT2D eigenvalue weighted by Crippen LogP contribution is -1.99. The van der Waals surface area contributed by atoms with E-state index in [-0.39, 0.29) is 0 Å². The van der Waals surface area contributed by atoms with Crippen LogP contribution in [-0.2, 0) is 6.42 Å². The Morgan fingerprint density at radius 2 is 1.78 bits per heavy atom. The predicted molar refractivity (Wildman–Crippen MR) is 69.9 cm³/mol. The van der Waals surface area contributed by atoms with Gasteiger partial charge >= 0.3 is 0 Å². The van der Waals surface area contributed by atoms with E-state index in [1.165, 1.54) is 6.07 Å². The third-order valence-corrected chi connectivity index (χ3v) is 3.43.